The van der Waals surface area contributed by atoms with Crippen molar-refractivity contribution in [3.05, 3.63) is 70.8 Å². The number of likely N-dealkylation sites (tertiary alicyclic amines) is 1. The maximum atomic E-state index is 14.2. The molecule has 7 heteroatoms. The van der Waals surface area contributed by atoms with Gasteiger partial charge in [-0.05, 0) is 49.6 Å². The number of fused-ring (bicyclic) bond motifs is 1. The molecule has 0 saturated carbocycles. The molecule has 3 saturated heterocycles. The van der Waals surface area contributed by atoms with Crippen LogP contribution in [0, 0.1) is 18.6 Å². The highest BCUT2D eigenvalue weighted by molar-refractivity contribution is 5.95. The zero-order valence-electron chi connectivity index (χ0n) is 17.3. The lowest BCUT2D eigenvalue weighted by Crippen LogP contribution is -2.51. The van der Waals surface area contributed by atoms with E-state index in [0.29, 0.717) is 32.4 Å². The Morgan fingerprint density at radius 2 is 1.87 bits per heavy atom. The standard InChI is InChI=1S/C24H24F2N2O3/c1-15-5-6-19(26)18(13-15)22(29)27-11-9-24(10-12-27)23(30)28-20(7-8-21(28)31-24)16-3-2-4-17(25)14-16/h2-6,13-14,20-21H,7-12H2,1H3/t20-,21+/m0/s1. The Bertz CT molecular complexity index is 1050. The molecule has 5 nitrogen and oxygen atoms in total. The molecule has 0 aliphatic carbocycles. The monoisotopic (exact) mass is 426 g/mol. The summed E-state index contributed by atoms with van der Waals surface area (Å²) in [5.41, 5.74) is 0.690. The molecule has 0 radical (unpaired) electrons. The molecule has 5 rings (SSSR count). The van der Waals surface area contributed by atoms with Gasteiger partial charge in [0.2, 0.25) is 0 Å². The van der Waals surface area contributed by atoms with Crippen LogP contribution in [-0.4, -0.2) is 46.5 Å². The summed E-state index contributed by atoms with van der Waals surface area (Å²) < 4.78 is 34.1. The van der Waals surface area contributed by atoms with Crippen LogP contribution in [0.1, 0.15) is 53.2 Å². The summed E-state index contributed by atoms with van der Waals surface area (Å²) in [6.45, 7) is 2.46. The van der Waals surface area contributed by atoms with Crippen LogP contribution in [-0.2, 0) is 9.53 Å². The number of piperidine rings is 1. The Labute approximate surface area is 179 Å². The molecule has 2 atom stereocenters. The predicted molar refractivity (Wildman–Crippen MR) is 109 cm³/mol. The van der Waals surface area contributed by atoms with Crippen LogP contribution >= 0.6 is 0 Å². The van der Waals surface area contributed by atoms with Gasteiger partial charge in [-0.2, -0.15) is 0 Å². The molecule has 1 spiro atoms. The molecule has 0 unspecified atom stereocenters. The third kappa shape index (κ3) is 3.31. The lowest BCUT2D eigenvalue weighted by molar-refractivity contribution is -0.142. The fraction of sp³-hybridized carbons (Fsp3) is 0.417. The molecule has 3 heterocycles. The zero-order chi connectivity index (χ0) is 21.8. The number of aryl methyl sites for hydroxylation is 1. The molecule has 31 heavy (non-hydrogen) atoms. The third-order valence-electron chi connectivity index (χ3n) is 6.76. The lowest BCUT2D eigenvalue weighted by atomic mass is 9.89. The largest absolute Gasteiger partial charge is 0.342 e. The van der Waals surface area contributed by atoms with Crippen LogP contribution in [0.3, 0.4) is 0 Å². The van der Waals surface area contributed by atoms with Crippen LogP contribution < -0.4 is 0 Å². The molecule has 162 valence electrons. The number of ether oxygens (including phenoxy) is 1. The average Bonchev–Trinajstić information content (AvgIpc) is 3.28. The topological polar surface area (TPSA) is 49.9 Å². The highest BCUT2D eigenvalue weighted by Gasteiger charge is 2.58. The van der Waals surface area contributed by atoms with E-state index in [1.54, 1.807) is 28.0 Å². The minimum atomic E-state index is -0.960. The maximum Gasteiger partial charge on any atom is 0.257 e. The van der Waals surface area contributed by atoms with Crippen LogP contribution in [0.2, 0.25) is 0 Å². The van der Waals surface area contributed by atoms with Crippen molar-refractivity contribution in [3.8, 4) is 0 Å². The smallest absolute Gasteiger partial charge is 0.257 e. The summed E-state index contributed by atoms with van der Waals surface area (Å²) in [6, 6.07) is 10.7. The molecule has 0 aromatic heterocycles. The normalized spacial score (nSPS) is 24.7. The first-order chi connectivity index (χ1) is 14.9. The van der Waals surface area contributed by atoms with Gasteiger partial charge in [0.25, 0.3) is 11.8 Å². The minimum Gasteiger partial charge on any atom is -0.342 e. The van der Waals surface area contributed by atoms with Crippen molar-refractivity contribution in [2.24, 2.45) is 0 Å². The van der Waals surface area contributed by atoms with E-state index < -0.39 is 11.4 Å². The molecule has 3 aliphatic heterocycles. The van der Waals surface area contributed by atoms with Crippen molar-refractivity contribution in [1.82, 2.24) is 9.80 Å². The number of rotatable bonds is 2. The second kappa shape index (κ2) is 7.41. The van der Waals surface area contributed by atoms with E-state index in [9.17, 15) is 18.4 Å². The van der Waals surface area contributed by atoms with Gasteiger partial charge >= 0.3 is 0 Å². The molecule has 2 amide bonds. The van der Waals surface area contributed by atoms with Crippen molar-refractivity contribution < 1.29 is 23.1 Å². The molecular formula is C24H24F2N2O3. The summed E-state index contributed by atoms with van der Waals surface area (Å²) in [5.74, 6) is -1.31. The quantitative estimate of drug-likeness (QED) is 0.730. The van der Waals surface area contributed by atoms with E-state index >= 15 is 0 Å². The van der Waals surface area contributed by atoms with Gasteiger partial charge in [-0.15, -0.1) is 0 Å². The number of amides is 2. The van der Waals surface area contributed by atoms with Crippen LogP contribution in [0.4, 0.5) is 8.78 Å². The summed E-state index contributed by atoms with van der Waals surface area (Å²) >= 11 is 0. The van der Waals surface area contributed by atoms with Gasteiger partial charge in [0.1, 0.15) is 17.9 Å². The van der Waals surface area contributed by atoms with Crippen molar-refractivity contribution in [1.29, 1.82) is 0 Å². The highest BCUT2D eigenvalue weighted by atomic mass is 19.1. The van der Waals surface area contributed by atoms with E-state index in [1.165, 1.54) is 18.2 Å². The first-order valence-electron chi connectivity index (χ1n) is 10.7. The van der Waals surface area contributed by atoms with Gasteiger partial charge in [0.15, 0.2) is 5.60 Å². The Hall–Kier alpha value is -2.80. The third-order valence-corrected chi connectivity index (χ3v) is 6.76. The van der Waals surface area contributed by atoms with Gasteiger partial charge in [-0.25, -0.2) is 8.78 Å². The van der Waals surface area contributed by atoms with Gasteiger partial charge < -0.3 is 14.5 Å². The molecule has 0 bridgehead atoms. The number of benzene rings is 2. The van der Waals surface area contributed by atoms with Crippen LogP contribution in [0.15, 0.2) is 42.5 Å². The van der Waals surface area contributed by atoms with Gasteiger partial charge in [-0.3, -0.25) is 9.59 Å². The lowest BCUT2D eigenvalue weighted by Gasteiger charge is -2.37. The first kappa shape index (κ1) is 20.1. The van der Waals surface area contributed by atoms with E-state index in [4.69, 9.17) is 4.74 Å². The zero-order valence-corrected chi connectivity index (χ0v) is 17.3. The van der Waals surface area contributed by atoms with Gasteiger partial charge in [-0.1, -0.05) is 23.8 Å². The number of hydrogen-bond donors (Lipinski definition) is 0. The Kier molecular flexibility index (Phi) is 4.81. The van der Waals surface area contributed by atoms with Crippen LogP contribution in [0.5, 0.6) is 0 Å². The fourth-order valence-electron chi connectivity index (χ4n) is 5.13. The summed E-state index contributed by atoms with van der Waals surface area (Å²) in [7, 11) is 0. The summed E-state index contributed by atoms with van der Waals surface area (Å²) in [4.78, 5) is 29.6. The number of halogens is 2. The summed E-state index contributed by atoms with van der Waals surface area (Å²) in [5, 5.41) is 0. The Morgan fingerprint density at radius 1 is 1.10 bits per heavy atom. The number of carbonyl (C=O) groups excluding carboxylic acids is 2. The average molecular weight is 426 g/mol. The molecule has 0 N–H and O–H groups in total. The Balaban J connectivity index is 1.31. The van der Waals surface area contributed by atoms with Crippen LogP contribution in [0.25, 0.3) is 0 Å². The van der Waals surface area contributed by atoms with E-state index in [1.807, 2.05) is 13.0 Å². The van der Waals surface area contributed by atoms with Crippen molar-refractivity contribution in [2.75, 3.05) is 13.1 Å². The van der Waals surface area contributed by atoms with Gasteiger partial charge in [0, 0.05) is 25.9 Å². The number of nitrogens with zero attached hydrogens (tertiary/aromatic N) is 2. The van der Waals surface area contributed by atoms with Gasteiger partial charge in [0.05, 0.1) is 11.6 Å². The highest BCUT2D eigenvalue weighted by Crippen LogP contribution is 2.47. The first-order valence-corrected chi connectivity index (χ1v) is 10.7. The van der Waals surface area contributed by atoms with Crippen molar-refractivity contribution in [2.45, 2.75) is 50.5 Å². The maximum absolute atomic E-state index is 14.2. The predicted octanol–water partition coefficient (Wildman–Crippen LogP) is 3.97. The molecule has 3 aliphatic rings. The molecule has 3 fully saturated rings. The van der Waals surface area contributed by atoms with Crippen molar-refractivity contribution >= 4 is 11.8 Å². The SMILES string of the molecule is Cc1ccc(F)c(C(=O)N2CCC3(CC2)O[C@@H]2CC[C@@H](c4cccc(F)c4)N2C3=O)c1. The molecule has 2 aromatic rings. The summed E-state index contributed by atoms with van der Waals surface area (Å²) in [6.07, 6.45) is 1.85. The number of hydrogen-bond acceptors (Lipinski definition) is 3. The minimum absolute atomic E-state index is 0.0569. The number of carbonyl (C=O) groups is 2. The molecular weight excluding hydrogens is 402 g/mol. The van der Waals surface area contributed by atoms with E-state index in [2.05, 4.69) is 0 Å². The van der Waals surface area contributed by atoms with E-state index in [0.717, 1.165) is 17.5 Å². The van der Waals surface area contributed by atoms with Crippen molar-refractivity contribution in [3.63, 3.8) is 0 Å². The molecule has 2 aromatic carbocycles. The second-order valence-electron chi connectivity index (χ2n) is 8.70. The second-order valence-corrected chi connectivity index (χ2v) is 8.70. The fourth-order valence-corrected chi connectivity index (χ4v) is 5.13. The Morgan fingerprint density at radius 3 is 2.61 bits per heavy atom. The van der Waals surface area contributed by atoms with E-state index in [-0.39, 0.29) is 35.5 Å².